The van der Waals surface area contributed by atoms with E-state index in [1.54, 1.807) is 0 Å². The van der Waals surface area contributed by atoms with Crippen molar-refractivity contribution in [1.29, 1.82) is 0 Å². The molecule has 46 heavy (non-hydrogen) atoms. The van der Waals surface area contributed by atoms with Gasteiger partial charge in [0.2, 0.25) is 17.7 Å². The maximum absolute atomic E-state index is 13.4. The highest BCUT2D eigenvalue weighted by Crippen LogP contribution is 2.29. The summed E-state index contributed by atoms with van der Waals surface area (Å²) in [7, 11) is 1.35. The summed E-state index contributed by atoms with van der Waals surface area (Å²) in [6.07, 6.45) is -8.89. The van der Waals surface area contributed by atoms with E-state index in [1.807, 2.05) is 0 Å². The van der Waals surface area contributed by atoms with E-state index in [4.69, 9.17) is 17.2 Å². The van der Waals surface area contributed by atoms with Crippen molar-refractivity contribution < 1.29 is 45.5 Å². The number of carbonyl (C=O) groups excluding carboxylic acids is 4. The summed E-state index contributed by atoms with van der Waals surface area (Å²) in [6, 6.07) is 0.764. The SMILES string of the molecule is CC(=CC(C)CC(=O)CCN(C)C(=O)C(Cc1ccc(C(F)(F)F)cc1)NC(=O)C(N)CCC(=O)N1CC(N)C(N)C1)C(F)(F)F. The number of benzene rings is 1. The molecule has 1 aliphatic rings. The molecule has 0 aliphatic carbocycles. The molecule has 3 amide bonds. The molecule has 7 N–H and O–H groups in total. The molecule has 2 rings (SSSR count). The highest BCUT2D eigenvalue weighted by molar-refractivity contribution is 5.90. The maximum atomic E-state index is 13.4. The number of allylic oxidation sites excluding steroid dienone is 2. The standard InChI is InChI=1S/C30H42F6N6O4/c1-17(12-18(2)29(31,32)33)13-21(43)10-11-41(3)28(46)25(14-19-4-6-20(7-5-19)30(34,35)36)40-27(45)22(37)8-9-26(44)42-15-23(38)24(39)16-42/h4-7,12,17,22-25H,8-11,13-16,37-39H2,1-3H3,(H,40,45). The molecule has 0 spiro atoms. The van der Waals surface area contributed by atoms with Crippen molar-refractivity contribution in [3.8, 4) is 0 Å². The molecule has 1 aliphatic heterocycles. The normalized spacial score (nSPS) is 19.4. The van der Waals surface area contributed by atoms with Crippen LogP contribution in [0.1, 0.15) is 50.7 Å². The van der Waals surface area contributed by atoms with Gasteiger partial charge in [0.1, 0.15) is 11.8 Å². The predicted octanol–water partition coefficient (Wildman–Crippen LogP) is 2.29. The van der Waals surface area contributed by atoms with Gasteiger partial charge in [-0.25, -0.2) is 0 Å². The number of ketones is 1. The number of carbonyl (C=O) groups is 4. The molecule has 5 unspecified atom stereocenters. The fourth-order valence-electron chi connectivity index (χ4n) is 4.88. The fraction of sp³-hybridized carbons (Fsp3) is 0.600. The number of nitrogens with one attached hydrogen (secondary N) is 1. The molecule has 10 nitrogen and oxygen atoms in total. The van der Waals surface area contributed by atoms with Crippen molar-refractivity contribution in [3.63, 3.8) is 0 Å². The van der Waals surface area contributed by atoms with Crippen molar-refractivity contribution in [2.75, 3.05) is 26.7 Å². The Balaban J connectivity index is 2.08. The highest BCUT2D eigenvalue weighted by Gasteiger charge is 2.33. The Bertz CT molecular complexity index is 1240. The van der Waals surface area contributed by atoms with Crippen molar-refractivity contribution in [1.82, 2.24) is 15.1 Å². The number of nitrogens with two attached hydrogens (primary N) is 3. The zero-order valence-electron chi connectivity index (χ0n) is 26.0. The predicted molar refractivity (Wildman–Crippen MR) is 158 cm³/mol. The van der Waals surface area contributed by atoms with Gasteiger partial charge in [-0.05, 0) is 37.0 Å². The van der Waals surface area contributed by atoms with Crippen molar-refractivity contribution in [3.05, 3.63) is 47.0 Å². The van der Waals surface area contributed by atoms with Crippen LogP contribution in [0.2, 0.25) is 0 Å². The van der Waals surface area contributed by atoms with Gasteiger partial charge < -0.3 is 32.3 Å². The summed E-state index contributed by atoms with van der Waals surface area (Å²) < 4.78 is 77.5. The van der Waals surface area contributed by atoms with Crippen LogP contribution in [-0.2, 0) is 31.8 Å². The molecule has 1 saturated heterocycles. The second-order valence-corrected chi connectivity index (χ2v) is 11.8. The first-order valence-corrected chi connectivity index (χ1v) is 14.7. The van der Waals surface area contributed by atoms with Gasteiger partial charge in [-0.1, -0.05) is 25.1 Å². The zero-order valence-corrected chi connectivity index (χ0v) is 26.0. The second kappa shape index (κ2) is 16.4. The topological polar surface area (TPSA) is 165 Å². The number of likely N-dealkylation sites (tertiary alicyclic amines) is 1. The minimum atomic E-state index is -4.58. The van der Waals surface area contributed by atoms with E-state index in [2.05, 4.69) is 5.32 Å². The second-order valence-electron chi connectivity index (χ2n) is 11.8. The molecule has 1 aromatic carbocycles. The lowest BCUT2D eigenvalue weighted by molar-refractivity contribution is -0.137. The molecular weight excluding hydrogens is 622 g/mol. The number of rotatable bonds is 14. The number of hydrogen-bond acceptors (Lipinski definition) is 7. The molecule has 5 atom stereocenters. The van der Waals surface area contributed by atoms with E-state index in [9.17, 15) is 45.5 Å². The quantitative estimate of drug-likeness (QED) is 0.175. The van der Waals surface area contributed by atoms with E-state index in [0.29, 0.717) is 5.56 Å². The average Bonchev–Trinajstić information content (AvgIpc) is 3.30. The Morgan fingerprint density at radius 1 is 1.02 bits per heavy atom. The molecule has 0 saturated carbocycles. The van der Waals surface area contributed by atoms with Crippen LogP contribution in [0.4, 0.5) is 26.3 Å². The van der Waals surface area contributed by atoms with Crippen LogP contribution in [0.3, 0.4) is 0 Å². The van der Waals surface area contributed by atoms with Crippen LogP contribution in [0.5, 0.6) is 0 Å². The number of hydrogen-bond donors (Lipinski definition) is 4. The monoisotopic (exact) mass is 664 g/mol. The molecule has 0 aromatic heterocycles. The van der Waals surface area contributed by atoms with Crippen LogP contribution >= 0.6 is 0 Å². The molecule has 0 bridgehead atoms. The molecule has 16 heteroatoms. The number of halogens is 6. The van der Waals surface area contributed by atoms with Gasteiger partial charge >= 0.3 is 12.4 Å². The van der Waals surface area contributed by atoms with Gasteiger partial charge in [0.25, 0.3) is 0 Å². The number of Topliss-reactive ketones (excluding diaryl/α,β-unsaturated/α-hetero) is 1. The number of likely N-dealkylation sites (N-methyl/N-ethyl adjacent to an activating group) is 1. The summed E-state index contributed by atoms with van der Waals surface area (Å²) in [6.45, 7) is 2.77. The van der Waals surface area contributed by atoms with Crippen molar-refractivity contribution in [2.24, 2.45) is 23.1 Å². The minimum absolute atomic E-state index is 0.0718. The van der Waals surface area contributed by atoms with Gasteiger partial charge in [0.15, 0.2) is 0 Å². The van der Waals surface area contributed by atoms with Crippen LogP contribution in [-0.4, -0.2) is 90.3 Å². The Morgan fingerprint density at radius 2 is 1.59 bits per heavy atom. The van der Waals surface area contributed by atoms with E-state index < -0.39 is 59.1 Å². The minimum Gasteiger partial charge on any atom is -0.344 e. The smallest absolute Gasteiger partial charge is 0.344 e. The van der Waals surface area contributed by atoms with E-state index in [-0.39, 0.29) is 69.7 Å². The number of alkyl halides is 6. The van der Waals surface area contributed by atoms with Crippen LogP contribution in [0.25, 0.3) is 0 Å². The van der Waals surface area contributed by atoms with E-state index >= 15 is 0 Å². The molecule has 1 aromatic rings. The summed E-state index contributed by atoms with van der Waals surface area (Å²) in [5.74, 6) is -2.85. The first-order valence-electron chi connectivity index (χ1n) is 14.7. The third-order valence-corrected chi connectivity index (χ3v) is 7.74. The Hall–Kier alpha value is -3.50. The third-order valence-electron chi connectivity index (χ3n) is 7.74. The Labute approximate surface area is 263 Å². The molecule has 1 heterocycles. The van der Waals surface area contributed by atoms with Crippen LogP contribution in [0, 0.1) is 5.92 Å². The Morgan fingerprint density at radius 3 is 2.11 bits per heavy atom. The first-order chi connectivity index (χ1) is 21.2. The van der Waals surface area contributed by atoms with Crippen molar-refractivity contribution in [2.45, 2.75) is 82.5 Å². The van der Waals surface area contributed by atoms with Gasteiger partial charge in [0.05, 0.1) is 11.6 Å². The lowest BCUT2D eigenvalue weighted by atomic mass is 9.99. The van der Waals surface area contributed by atoms with Gasteiger partial charge in [-0.15, -0.1) is 0 Å². The average molecular weight is 665 g/mol. The lowest BCUT2D eigenvalue weighted by Crippen LogP contribution is -2.53. The van der Waals surface area contributed by atoms with Gasteiger partial charge in [-0.2, -0.15) is 26.3 Å². The third kappa shape index (κ3) is 12.0. The molecule has 258 valence electrons. The molecule has 0 radical (unpaired) electrons. The highest BCUT2D eigenvalue weighted by atomic mass is 19.4. The zero-order chi connectivity index (χ0) is 35.0. The summed E-state index contributed by atoms with van der Waals surface area (Å²) in [5.41, 5.74) is 16.3. The number of nitrogens with zero attached hydrogens (tertiary/aromatic N) is 2. The largest absolute Gasteiger partial charge is 0.416 e. The van der Waals surface area contributed by atoms with E-state index in [0.717, 1.165) is 30.0 Å². The summed E-state index contributed by atoms with van der Waals surface area (Å²) in [4.78, 5) is 53.9. The summed E-state index contributed by atoms with van der Waals surface area (Å²) in [5, 5.41) is 2.51. The molecule has 1 fully saturated rings. The summed E-state index contributed by atoms with van der Waals surface area (Å²) >= 11 is 0. The van der Waals surface area contributed by atoms with Crippen molar-refractivity contribution >= 4 is 23.5 Å². The van der Waals surface area contributed by atoms with Gasteiger partial charge in [0, 0.05) is 70.0 Å². The Kier molecular flexibility index (Phi) is 13.8. The maximum Gasteiger partial charge on any atom is 0.416 e. The van der Waals surface area contributed by atoms with Crippen LogP contribution in [0.15, 0.2) is 35.9 Å². The fourth-order valence-corrected chi connectivity index (χ4v) is 4.88. The number of amides is 3. The first kappa shape index (κ1) is 38.7. The lowest BCUT2D eigenvalue weighted by Gasteiger charge is -2.26. The van der Waals surface area contributed by atoms with E-state index in [1.165, 1.54) is 31.0 Å². The van der Waals surface area contributed by atoms with Crippen LogP contribution < -0.4 is 22.5 Å². The molecular formula is C30H42F6N6O4. The van der Waals surface area contributed by atoms with Gasteiger partial charge in [-0.3, -0.25) is 19.2 Å².